The number of carbonyl (C=O) groups excluding carboxylic acids is 1. The number of carbonyl (C=O) groups is 2. The first kappa shape index (κ1) is 106. The molecule has 91 heavy (non-hydrogen) atoms. The SMILES string of the molecule is C.CC(C)(C)O.CC(C)(C)O.CC(C)(C)O.CC(C)(C)O.CC(C)(C)O.CC(C)(C)OO.Cc1ccccc1.Cc1ccccc1.O.O.O.O=C(O)c1ccccc1.O=Cc1ccccc1.OC(O)c1ccccc1.OCc1ccccc1.OCc1ccccc1. The van der Waals surface area contributed by atoms with E-state index in [0.717, 1.165) is 23.0 Å². The Morgan fingerprint density at radius 3 is 0.692 bits per heavy atom. The number of aryl methyl sites for hydroxylation is 2. The fraction of sp³-hybridized carbons (Fsp3) is 0.405. The summed E-state index contributed by atoms with van der Waals surface area (Å²) in [5.41, 5.74) is 3.26. The minimum Gasteiger partial charge on any atom is -0.478 e. The quantitative estimate of drug-likeness (QED) is 0.0330. The van der Waals surface area contributed by atoms with Crippen molar-refractivity contribution in [3.05, 3.63) is 251 Å². The van der Waals surface area contributed by atoms with Gasteiger partial charge in [0.05, 0.1) is 52.4 Å². The zero-order valence-electron chi connectivity index (χ0n) is 57.4. The van der Waals surface area contributed by atoms with Crippen LogP contribution in [0.3, 0.4) is 0 Å². The number of aliphatic hydroxyl groups excluding tert-OH is 3. The number of aldehydes is 1. The van der Waals surface area contributed by atoms with Crippen LogP contribution < -0.4 is 0 Å². The summed E-state index contributed by atoms with van der Waals surface area (Å²) >= 11 is 0. The van der Waals surface area contributed by atoms with Crippen LogP contribution in [-0.4, -0.2) is 119 Å². The summed E-state index contributed by atoms with van der Waals surface area (Å²) in [6.07, 6.45) is -0.508. The zero-order chi connectivity index (χ0) is 68.8. The predicted octanol–water partition coefficient (Wildman–Crippen LogP) is 13.2. The summed E-state index contributed by atoms with van der Waals surface area (Å²) in [7, 11) is 0. The van der Waals surface area contributed by atoms with Gasteiger partial charge < -0.3 is 67.5 Å². The molecule has 0 radical (unpaired) electrons. The van der Waals surface area contributed by atoms with Crippen LogP contribution in [0, 0.1) is 13.8 Å². The van der Waals surface area contributed by atoms with Crippen molar-refractivity contribution in [2.45, 2.75) is 199 Å². The third kappa shape index (κ3) is 125. The molecule has 0 amide bonds. The van der Waals surface area contributed by atoms with Gasteiger partial charge in [-0.1, -0.05) is 219 Å². The van der Waals surface area contributed by atoms with Crippen LogP contribution in [0.4, 0.5) is 0 Å². The number of hydrogen-bond acceptors (Lipinski definition) is 13. The van der Waals surface area contributed by atoms with Gasteiger partial charge in [-0.3, -0.25) is 10.1 Å². The normalized spacial score (nSPS) is 9.66. The minimum absolute atomic E-state index is 0. The van der Waals surface area contributed by atoms with Crippen molar-refractivity contribution < 1.29 is 87.2 Å². The van der Waals surface area contributed by atoms with Crippen molar-refractivity contribution in [2.24, 2.45) is 0 Å². The van der Waals surface area contributed by atoms with Gasteiger partial charge in [0.1, 0.15) is 6.29 Å². The first-order valence-corrected chi connectivity index (χ1v) is 28.2. The van der Waals surface area contributed by atoms with Crippen LogP contribution in [0.2, 0.25) is 0 Å². The maximum absolute atomic E-state index is 10.2. The van der Waals surface area contributed by atoms with E-state index in [1.807, 2.05) is 121 Å². The summed E-state index contributed by atoms with van der Waals surface area (Å²) in [6, 6.07) is 65.6. The summed E-state index contributed by atoms with van der Waals surface area (Å²) in [5.74, 6) is -0.879. The molecule has 0 aromatic heterocycles. The van der Waals surface area contributed by atoms with E-state index in [9.17, 15) is 9.59 Å². The Labute approximate surface area is 547 Å². The van der Waals surface area contributed by atoms with Gasteiger partial charge in [-0.25, -0.2) is 9.68 Å². The predicted molar refractivity (Wildman–Crippen MR) is 377 cm³/mol. The van der Waals surface area contributed by atoms with E-state index in [-0.39, 0.29) is 37.1 Å². The molecule has 0 atom stereocenters. The van der Waals surface area contributed by atoms with Crippen LogP contribution >= 0.6 is 0 Å². The Morgan fingerprint density at radius 1 is 0.396 bits per heavy atom. The van der Waals surface area contributed by atoms with Crippen molar-refractivity contribution in [2.75, 3.05) is 0 Å². The molecular weight excluding hydrogens is 1160 g/mol. The van der Waals surface area contributed by atoms with Gasteiger partial charge in [0.15, 0.2) is 6.29 Å². The van der Waals surface area contributed by atoms with E-state index in [4.69, 9.17) is 56.3 Å². The summed E-state index contributed by atoms with van der Waals surface area (Å²) in [5, 5.41) is 93.1. The maximum atomic E-state index is 10.2. The van der Waals surface area contributed by atoms with Crippen molar-refractivity contribution in [3.63, 3.8) is 0 Å². The third-order valence-corrected chi connectivity index (χ3v) is 7.26. The summed E-state index contributed by atoms with van der Waals surface area (Å²) < 4.78 is 0. The maximum Gasteiger partial charge on any atom is 0.335 e. The Kier molecular flexibility index (Phi) is 72.0. The Morgan fingerprint density at radius 2 is 0.582 bits per heavy atom. The molecule has 520 valence electrons. The van der Waals surface area contributed by atoms with Crippen molar-refractivity contribution in [1.82, 2.24) is 0 Å². The summed E-state index contributed by atoms with van der Waals surface area (Å²) in [4.78, 5) is 24.1. The molecule has 7 aromatic carbocycles. The molecule has 0 fully saturated rings. The van der Waals surface area contributed by atoms with E-state index in [1.54, 1.807) is 191 Å². The Bertz CT molecular complexity index is 2360. The second-order valence-electron chi connectivity index (χ2n) is 24.6. The van der Waals surface area contributed by atoms with Crippen molar-refractivity contribution >= 4 is 12.3 Å². The second kappa shape index (κ2) is 62.0. The number of benzene rings is 7. The van der Waals surface area contributed by atoms with Crippen LogP contribution in [0.25, 0.3) is 0 Å². The molecule has 0 spiro atoms. The molecule has 7 aromatic rings. The minimum atomic E-state index is -1.34. The molecule has 0 aliphatic rings. The number of aromatic carboxylic acids is 1. The lowest BCUT2D eigenvalue weighted by molar-refractivity contribution is -0.306. The van der Waals surface area contributed by atoms with E-state index in [2.05, 4.69) is 43.0 Å². The fourth-order valence-corrected chi connectivity index (χ4v) is 3.97. The van der Waals surface area contributed by atoms with Crippen molar-refractivity contribution in [1.29, 1.82) is 0 Å². The van der Waals surface area contributed by atoms with Crippen molar-refractivity contribution in [3.8, 4) is 0 Å². The molecule has 0 bridgehead atoms. The topological polar surface area (TPSA) is 360 Å². The van der Waals surface area contributed by atoms with Gasteiger partial charge in [-0.15, -0.1) is 0 Å². The average Bonchev–Trinajstić information content (AvgIpc) is 3.65. The second-order valence-corrected chi connectivity index (χ2v) is 24.6. The lowest BCUT2D eigenvalue weighted by Gasteiger charge is -2.10. The highest BCUT2D eigenvalue weighted by atomic mass is 17.1. The van der Waals surface area contributed by atoms with Crippen LogP contribution in [0.15, 0.2) is 212 Å². The molecule has 17 N–H and O–H groups in total. The van der Waals surface area contributed by atoms with Crippen LogP contribution in [-0.2, 0) is 18.1 Å². The molecule has 0 heterocycles. The van der Waals surface area contributed by atoms with Gasteiger partial charge >= 0.3 is 5.97 Å². The fourth-order valence-electron chi connectivity index (χ4n) is 3.97. The number of carboxylic acids is 1. The van der Waals surface area contributed by atoms with Crippen LogP contribution in [0.1, 0.15) is 187 Å². The van der Waals surface area contributed by atoms with E-state index >= 15 is 0 Å². The molecule has 7 rings (SSSR count). The monoisotopic (exact) mass is 1280 g/mol. The number of rotatable bonds is 5. The highest BCUT2D eigenvalue weighted by molar-refractivity contribution is 5.87. The molecule has 0 unspecified atom stereocenters. The first-order valence-electron chi connectivity index (χ1n) is 28.2. The number of carboxylic acid groups (broad SMARTS) is 1. The van der Waals surface area contributed by atoms with Gasteiger partial charge in [-0.2, -0.15) is 0 Å². The van der Waals surface area contributed by atoms with E-state index in [1.165, 1.54) is 11.1 Å². The lowest BCUT2D eigenvalue weighted by Crippen LogP contribution is -2.15. The number of hydrogen-bond donors (Lipinski definition) is 11. The van der Waals surface area contributed by atoms with Gasteiger partial charge in [0.25, 0.3) is 0 Å². The molecule has 0 aliphatic heterocycles. The third-order valence-electron chi connectivity index (χ3n) is 7.26. The van der Waals surface area contributed by atoms with E-state index < -0.39 is 45.9 Å². The lowest BCUT2D eigenvalue weighted by atomic mass is 10.2. The molecule has 0 saturated carbocycles. The Hall–Kier alpha value is -6.88. The Balaban J connectivity index is -0.0000000979. The largest absolute Gasteiger partial charge is 0.478 e. The average molecular weight is 1280 g/mol. The van der Waals surface area contributed by atoms with Gasteiger partial charge in [0.2, 0.25) is 0 Å². The van der Waals surface area contributed by atoms with Gasteiger partial charge in [0, 0.05) is 11.1 Å². The first-order chi connectivity index (χ1) is 39.8. The molecule has 0 aliphatic carbocycles. The molecule has 17 nitrogen and oxygen atoms in total. The smallest absolute Gasteiger partial charge is 0.335 e. The van der Waals surface area contributed by atoms with Crippen LogP contribution in [0.5, 0.6) is 0 Å². The molecule has 17 heteroatoms. The zero-order valence-corrected chi connectivity index (χ0v) is 57.4. The summed E-state index contributed by atoms with van der Waals surface area (Å²) in [6.45, 7) is 35.9. The highest BCUT2D eigenvalue weighted by Gasteiger charge is 2.07. The number of aliphatic hydroxyl groups is 9. The molecule has 0 saturated heterocycles. The van der Waals surface area contributed by atoms with E-state index in [0.29, 0.717) is 11.1 Å². The molecular formula is C74H122O17. The van der Waals surface area contributed by atoms with Gasteiger partial charge in [-0.05, 0) is 162 Å². The highest BCUT2D eigenvalue weighted by Crippen LogP contribution is 2.07. The standard InChI is InChI=1S/C7H8O2.C7H6O2.2C7H8O.C7H6O.2C7H8.C4H10O2.5C4H10O.CH4.3H2O/c2*8-7(9)6-4-2-1-3-5-6;3*8-6-7-4-2-1-3-5-7;2*1-7-5-3-2-4-6-7;1-4(2,3)6-5;5*1-4(2,3)5;;;;/h1-5,7-9H;1-5H,(H,8,9);2*1-5,8H,6H2;1-6H;2*2-6H,1H3;5H,1-3H3;5*5H,1-3H3;1H4;3*1H2.